The molecule has 1 heterocycles. The number of rotatable bonds is 2. The Balaban J connectivity index is 1.77. The molecular weight excluding hydrogens is 208 g/mol. The molecule has 16 heavy (non-hydrogen) atoms. The van der Waals surface area contributed by atoms with E-state index >= 15 is 0 Å². The van der Waals surface area contributed by atoms with Gasteiger partial charge in [-0.15, -0.1) is 0 Å². The van der Waals surface area contributed by atoms with Gasteiger partial charge in [0.25, 0.3) is 0 Å². The van der Waals surface area contributed by atoms with Crippen molar-refractivity contribution in [2.24, 2.45) is 23.7 Å². The smallest absolute Gasteiger partial charge is 0.313 e. The molecule has 2 saturated carbocycles. The number of fused-ring (bicyclic) bond motifs is 1. The van der Waals surface area contributed by atoms with Crippen LogP contribution in [0.25, 0.3) is 0 Å². The van der Waals surface area contributed by atoms with Gasteiger partial charge in [0.05, 0.1) is 5.92 Å². The van der Waals surface area contributed by atoms with Gasteiger partial charge in [-0.25, -0.2) is 0 Å². The van der Waals surface area contributed by atoms with Gasteiger partial charge in [-0.3, -0.25) is 9.59 Å². The van der Waals surface area contributed by atoms with E-state index in [1.807, 2.05) is 13.8 Å². The Labute approximate surface area is 94.3 Å². The molecule has 0 radical (unpaired) electrons. The van der Waals surface area contributed by atoms with Crippen molar-refractivity contribution < 1.29 is 19.1 Å². The standard InChI is InChI=1S/C12H16O4/c1-5(2)11(13)16-10-6-3-7-8(4-6)15-12(14)9(7)10/h5-10H,3-4H2,1-2H3. The maximum atomic E-state index is 11.6. The lowest BCUT2D eigenvalue weighted by atomic mass is 9.87. The highest BCUT2D eigenvalue weighted by Gasteiger charge is 2.63. The van der Waals surface area contributed by atoms with Crippen molar-refractivity contribution in [1.82, 2.24) is 0 Å². The zero-order valence-corrected chi connectivity index (χ0v) is 9.51. The summed E-state index contributed by atoms with van der Waals surface area (Å²) in [6.45, 7) is 3.62. The van der Waals surface area contributed by atoms with Crippen molar-refractivity contribution in [2.45, 2.75) is 38.9 Å². The molecule has 5 atom stereocenters. The first-order chi connectivity index (χ1) is 7.58. The van der Waals surface area contributed by atoms with Gasteiger partial charge in [-0.1, -0.05) is 13.8 Å². The number of hydrogen-bond acceptors (Lipinski definition) is 4. The number of esters is 2. The number of carbonyl (C=O) groups is 2. The SMILES string of the molecule is CC(C)C(=O)OC1C2CC3OC(=O)C1C3C2. The normalized spacial score (nSPS) is 43.9. The third kappa shape index (κ3) is 1.22. The van der Waals surface area contributed by atoms with Gasteiger partial charge >= 0.3 is 11.9 Å². The quantitative estimate of drug-likeness (QED) is 0.660. The highest BCUT2D eigenvalue weighted by molar-refractivity contribution is 5.78. The van der Waals surface area contributed by atoms with Crippen LogP contribution in [0.2, 0.25) is 0 Å². The molecule has 0 aromatic heterocycles. The third-order valence-corrected chi connectivity index (χ3v) is 4.13. The first kappa shape index (κ1) is 10.1. The summed E-state index contributed by atoms with van der Waals surface area (Å²) in [4.78, 5) is 23.2. The van der Waals surface area contributed by atoms with Gasteiger partial charge in [0.15, 0.2) is 0 Å². The molecule has 1 saturated heterocycles. The zero-order chi connectivity index (χ0) is 11.4. The van der Waals surface area contributed by atoms with Crippen LogP contribution in [0.5, 0.6) is 0 Å². The van der Waals surface area contributed by atoms with Crippen molar-refractivity contribution >= 4 is 11.9 Å². The van der Waals surface area contributed by atoms with Crippen molar-refractivity contribution in [1.29, 1.82) is 0 Å². The Morgan fingerprint density at radius 1 is 1.44 bits per heavy atom. The van der Waals surface area contributed by atoms with Crippen LogP contribution in [-0.2, 0) is 19.1 Å². The van der Waals surface area contributed by atoms with Crippen molar-refractivity contribution in [3.05, 3.63) is 0 Å². The van der Waals surface area contributed by atoms with Gasteiger partial charge < -0.3 is 9.47 Å². The molecule has 5 unspecified atom stereocenters. The first-order valence-electron chi connectivity index (χ1n) is 5.99. The summed E-state index contributed by atoms with van der Waals surface area (Å²) in [6, 6.07) is 0. The molecule has 1 aliphatic heterocycles. The van der Waals surface area contributed by atoms with Crippen LogP contribution in [0.3, 0.4) is 0 Å². The van der Waals surface area contributed by atoms with Crippen LogP contribution in [-0.4, -0.2) is 24.1 Å². The Morgan fingerprint density at radius 3 is 2.88 bits per heavy atom. The van der Waals surface area contributed by atoms with Gasteiger partial charge in [0.1, 0.15) is 18.1 Å². The van der Waals surface area contributed by atoms with E-state index < -0.39 is 0 Å². The molecule has 3 fully saturated rings. The third-order valence-electron chi connectivity index (χ3n) is 4.13. The van der Waals surface area contributed by atoms with Crippen LogP contribution in [0, 0.1) is 23.7 Å². The second-order valence-corrected chi connectivity index (χ2v) is 5.45. The van der Waals surface area contributed by atoms with Crippen LogP contribution in [0.1, 0.15) is 26.7 Å². The fourth-order valence-corrected chi connectivity index (χ4v) is 3.37. The van der Waals surface area contributed by atoms with E-state index in [1.165, 1.54) is 0 Å². The largest absolute Gasteiger partial charge is 0.462 e. The predicted molar refractivity (Wildman–Crippen MR) is 54.3 cm³/mol. The van der Waals surface area contributed by atoms with E-state index in [1.54, 1.807) is 0 Å². The molecule has 0 N–H and O–H groups in total. The number of carbonyl (C=O) groups excluding carboxylic acids is 2. The topological polar surface area (TPSA) is 52.6 Å². The molecule has 4 nitrogen and oxygen atoms in total. The summed E-state index contributed by atoms with van der Waals surface area (Å²) in [5, 5.41) is 0. The van der Waals surface area contributed by atoms with E-state index in [2.05, 4.69) is 0 Å². The fourth-order valence-electron chi connectivity index (χ4n) is 3.37. The lowest BCUT2D eigenvalue weighted by Crippen LogP contribution is -2.35. The molecule has 0 aromatic rings. The highest BCUT2D eigenvalue weighted by Crippen LogP contribution is 2.55. The summed E-state index contributed by atoms with van der Waals surface area (Å²) in [6.07, 6.45) is 1.75. The summed E-state index contributed by atoms with van der Waals surface area (Å²) < 4.78 is 10.7. The molecule has 3 aliphatic rings. The predicted octanol–water partition coefficient (Wildman–Crippen LogP) is 1.14. The summed E-state index contributed by atoms with van der Waals surface area (Å²) >= 11 is 0. The summed E-state index contributed by atoms with van der Waals surface area (Å²) in [5.41, 5.74) is 0. The van der Waals surface area contributed by atoms with Crippen molar-refractivity contribution in [2.75, 3.05) is 0 Å². The second kappa shape index (κ2) is 3.22. The minimum absolute atomic E-state index is 0.108. The Bertz CT molecular complexity index is 347. The Kier molecular flexibility index (Phi) is 2.03. The molecule has 0 amide bonds. The van der Waals surface area contributed by atoms with Crippen LogP contribution in [0.15, 0.2) is 0 Å². The van der Waals surface area contributed by atoms with E-state index in [9.17, 15) is 9.59 Å². The van der Waals surface area contributed by atoms with Gasteiger partial charge in [-0.2, -0.15) is 0 Å². The molecule has 3 rings (SSSR count). The maximum Gasteiger partial charge on any atom is 0.313 e. The van der Waals surface area contributed by atoms with E-state index in [0.717, 1.165) is 12.8 Å². The molecule has 88 valence electrons. The Hall–Kier alpha value is -1.06. The van der Waals surface area contributed by atoms with Crippen molar-refractivity contribution in [3.63, 3.8) is 0 Å². The lowest BCUT2D eigenvalue weighted by molar-refractivity contribution is -0.159. The zero-order valence-electron chi connectivity index (χ0n) is 9.51. The highest BCUT2D eigenvalue weighted by atomic mass is 16.6. The van der Waals surface area contributed by atoms with Crippen LogP contribution in [0.4, 0.5) is 0 Å². The average molecular weight is 224 g/mol. The van der Waals surface area contributed by atoms with E-state index in [4.69, 9.17) is 9.47 Å². The number of hydrogen-bond donors (Lipinski definition) is 0. The van der Waals surface area contributed by atoms with Gasteiger partial charge in [-0.05, 0) is 12.8 Å². The fraction of sp³-hybridized carbons (Fsp3) is 0.833. The minimum atomic E-state index is -0.217. The van der Waals surface area contributed by atoms with Crippen LogP contribution < -0.4 is 0 Å². The molecule has 2 aliphatic carbocycles. The maximum absolute atomic E-state index is 11.6. The minimum Gasteiger partial charge on any atom is -0.462 e. The van der Waals surface area contributed by atoms with Crippen molar-refractivity contribution in [3.8, 4) is 0 Å². The first-order valence-corrected chi connectivity index (χ1v) is 5.99. The van der Waals surface area contributed by atoms with Crippen LogP contribution >= 0.6 is 0 Å². The van der Waals surface area contributed by atoms with E-state index in [-0.39, 0.29) is 36.0 Å². The molecular formula is C12H16O4. The summed E-state index contributed by atoms with van der Waals surface area (Å²) in [5.74, 6) is -0.0132. The second-order valence-electron chi connectivity index (χ2n) is 5.45. The monoisotopic (exact) mass is 224 g/mol. The lowest BCUT2D eigenvalue weighted by Gasteiger charge is -2.25. The van der Waals surface area contributed by atoms with Gasteiger partial charge in [0, 0.05) is 11.8 Å². The number of ether oxygens (including phenoxy) is 2. The molecule has 0 spiro atoms. The average Bonchev–Trinajstić information content (AvgIpc) is 2.78. The Morgan fingerprint density at radius 2 is 2.19 bits per heavy atom. The summed E-state index contributed by atoms with van der Waals surface area (Å²) in [7, 11) is 0. The molecule has 2 bridgehead atoms. The van der Waals surface area contributed by atoms with Gasteiger partial charge in [0.2, 0.25) is 0 Å². The molecule has 0 aromatic carbocycles. The van der Waals surface area contributed by atoms with E-state index in [0.29, 0.717) is 11.8 Å². The molecule has 4 heteroatoms.